The lowest BCUT2D eigenvalue weighted by molar-refractivity contribution is -0.132. The van der Waals surface area contributed by atoms with Gasteiger partial charge in [0.1, 0.15) is 5.57 Å². The minimum atomic E-state index is -1.09. The van der Waals surface area contributed by atoms with Gasteiger partial charge in [-0.3, -0.25) is 0 Å². The molecule has 0 atom stereocenters. The molecule has 25 heavy (non-hydrogen) atoms. The van der Waals surface area contributed by atoms with Crippen LogP contribution in [0.25, 0.3) is 10.8 Å². The number of hydrogen-bond acceptors (Lipinski definition) is 1. The molecule has 2 nitrogen and oxygen atoms in total. The molecule has 0 spiro atoms. The summed E-state index contributed by atoms with van der Waals surface area (Å²) >= 11 is 0. The van der Waals surface area contributed by atoms with Crippen LogP contribution in [0.4, 0.5) is 0 Å². The fourth-order valence-corrected chi connectivity index (χ4v) is 2.33. The van der Waals surface area contributed by atoms with E-state index in [0.29, 0.717) is 0 Å². The van der Waals surface area contributed by atoms with Gasteiger partial charge >= 0.3 is 5.97 Å². The molecule has 3 rings (SSSR count). The van der Waals surface area contributed by atoms with E-state index in [4.69, 9.17) is 0 Å². The fourth-order valence-electron chi connectivity index (χ4n) is 2.33. The number of allylic oxidation sites excluding steroid dienone is 1. The first-order valence-corrected chi connectivity index (χ1v) is 7.74. The number of aliphatic carboxylic acids is 1. The molecule has 0 aliphatic carbocycles. The van der Waals surface area contributed by atoms with Gasteiger partial charge in [-0.05, 0) is 29.0 Å². The Labute approximate surface area is 146 Å². The molecule has 0 saturated heterocycles. The van der Waals surface area contributed by atoms with Gasteiger partial charge in [0, 0.05) is 17.2 Å². The highest BCUT2D eigenvalue weighted by atomic mass is 16.4. The normalized spacial score (nSPS) is 10.3. The Kier molecular flexibility index (Phi) is 4.95. The summed E-state index contributed by atoms with van der Waals surface area (Å²) in [5.74, 6) is 10.2. The highest BCUT2D eigenvalue weighted by Crippen LogP contribution is 2.17. The maximum Gasteiger partial charge on any atom is 0.344 e. The zero-order chi connectivity index (χ0) is 17.5. The van der Waals surface area contributed by atoms with Crippen LogP contribution in [-0.4, -0.2) is 11.1 Å². The van der Waals surface area contributed by atoms with Crippen molar-refractivity contribution in [1.29, 1.82) is 0 Å². The molecule has 2 heteroatoms. The molecule has 3 aromatic rings. The minimum Gasteiger partial charge on any atom is -0.477 e. The van der Waals surface area contributed by atoms with Crippen LogP contribution in [0.15, 0.2) is 84.4 Å². The predicted octanol–water partition coefficient (Wildman–Crippen LogP) is 4.25. The van der Waals surface area contributed by atoms with Crippen molar-refractivity contribution in [2.45, 2.75) is 0 Å². The van der Waals surface area contributed by atoms with Crippen molar-refractivity contribution >= 4 is 16.7 Å². The van der Waals surface area contributed by atoms with Crippen LogP contribution in [0.3, 0.4) is 0 Å². The maximum absolute atomic E-state index is 11.3. The SMILES string of the molecule is O=C(O)/C(C#Cc1ccccc1)=C/C#Cc1cccc2ccccc12. The van der Waals surface area contributed by atoms with Gasteiger partial charge in [-0.15, -0.1) is 0 Å². The molecule has 0 heterocycles. The summed E-state index contributed by atoms with van der Waals surface area (Å²) in [5, 5.41) is 11.4. The van der Waals surface area contributed by atoms with Crippen molar-refractivity contribution in [3.8, 4) is 23.7 Å². The van der Waals surface area contributed by atoms with E-state index in [1.54, 1.807) is 0 Å². The third-order valence-corrected chi connectivity index (χ3v) is 3.56. The summed E-state index contributed by atoms with van der Waals surface area (Å²) < 4.78 is 0. The second-order valence-electron chi connectivity index (χ2n) is 5.28. The molecule has 0 unspecified atom stereocenters. The molecule has 0 aliphatic heterocycles. The Hall–Kier alpha value is -3.75. The average Bonchev–Trinajstić information content (AvgIpc) is 2.65. The first-order chi connectivity index (χ1) is 12.2. The summed E-state index contributed by atoms with van der Waals surface area (Å²) in [7, 11) is 0. The summed E-state index contributed by atoms with van der Waals surface area (Å²) in [5.41, 5.74) is 1.59. The largest absolute Gasteiger partial charge is 0.477 e. The van der Waals surface area contributed by atoms with Crippen LogP contribution in [0.5, 0.6) is 0 Å². The topological polar surface area (TPSA) is 37.3 Å². The smallest absolute Gasteiger partial charge is 0.344 e. The zero-order valence-electron chi connectivity index (χ0n) is 13.4. The van der Waals surface area contributed by atoms with Gasteiger partial charge in [-0.25, -0.2) is 4.79 Å². The van der Waals surface area contributed by atoms with Crippen LogP contribution in [-0.2, 0) is 4.79 Å². The Morgan fingerprint density at radius 1 is 0.840 bits per heavy atom. The van der Waals surface area contributed by atoms with E-state index in [0.717, 1.165) is 21.9 Å². The van der Waals surface area contributed by atoms with E-state index in [-0.39, 0.29) is 5.57 Å². The van der Waals surface area contributed by atoms with Crippen LogP contribution in [0.2, 0.25) is 0 Å². The molecule has 0 bridgehead atoms. The molecule has 1 N–H and O–H groups in total. The summed E-state index contributed by atoms with van der Waals surface area (Å²) in [4.78, 5) is 11.3. The lowest BCUT2D eigenvalue weighted by Crippen LogP contribution is -1.97. The highest BCUT2D eigenvalue weighted by Gasteiger charge is 2.02. The predicted molar refractivity (Wildman–Crippen MR) is 99.9 cm³/mol. The van der Waals surface area contributed by atoms with E-state index in [1.165, 1.54) is 6.08 Å². The van der Waals surface area contributed by atoms with Gasteiger partial charge in [-0.2, -0.15) is 0 Å². The fraction of sp³-hybridized carbons (Fsp3) is 0. The number of rotatable bonds is 1. The molecule has 0 fully saturated rings. The van der Waals surface area contributed by atoms with Gasteiger partial charge in [-0.1, -0.05) is 78.3 Å². The Morgan fingerprint density at radius 2 is 1.56 bits per heavy atom. The van der Waals surface area contributed by atoms with Crippen molar-refractivity contribution in [2.24, 2.45) is 0 Å². The van der Waals surface area contributed by atoms with Crippen LogP contribution < -0.4 is 0 Å². The van der Waals surface area contributed by atoms with E-state index < -0.39 is 5.97 Å². The minimum absolute atomic E-state index is 0.0309. The highest BCUT2D eigenvalue weighted by molar-refractivity contribution is 5.93. The number of carboxylic acid groups (broad SMARTS) is 1. The lowest BCUT2D eigenvalue weighted by Gasteiger charge is -1.98. The van der Waals surface area contributed by atoms with Crippen molar-refractivity contribution in [2.75, 3.05) is 0 Å². The standard InChI is InChI=1S/C23H14O2/c24-23(25)21(17-16-18-8-2-1-3-9-18)14-7-13-20-12-6-11-19-10-4-5-15-22(19)20/h1-6,8-12,14-15H,(H,24,25)/b21-14+. The summed E-state index contributed by atoms with van der Waals surface area (Å²) in [6.45, 7) is 0. The van der Waals surface area contributed by atoms with E-state index >= 15 is 0 Å². The van der Waals surface area contributed by atoms with E-state index in [1.807, 2.05) is 72.8 Å². The molecule has 0 amide bonds. The third-order valence-electron chi connectivity index (χ3n) is 3.56. The number of benzene rings is 3. The van der Waals surface area contributed by atoms with Gasteiger partial charge in [0.2, 0.25) is 0 Å². The molecule has 3 aromatic carbocycles. The van der Waals surface area contributed by atoms with Crippen molar-refractivity contribution < 1.29 is 9.90 Å². The Balaban J connectivity index is 1.92. The molecule has 0 saturated carbocycles. The first kappa shape index (κ1) is 16.1. The molecule has 118 valence electrons. The number of hydrogen-bond donors (Lipinski definition) is 1. The average molecular weight is 322 g/mol. The van der Waals surface area contributed by atoms with E-state index in [9.17, 15) is 9.90 Å². The Morgan fingerprint density at radius 3 is 2.36 bits per heavy atom. The van der Waals surface area contributed by atoms with Crippen LogP contribution in [0, 0.1) is 23.7 Å². The maximum atomic E-state index is 11.3. The Bertz CT molecular complexity index is 1060. The van der Waals surface area contributed by atoms with Crippen LogP contribution in [0.1, 0.15) is 11.1 Å². The van der Waals surface area contributed by atoms with Crippen LogP contribution >= 0.6 is 0 Å². The second-order valence-corrected chi connectivity index (χ2v) is 5.28. The summed E-state index contributed by atoms with van der Waals surface area (Å²) in [6, 6.07) is 23.1. The number of carboxylic acids is 1. The number of fused-ring (bicyclic) bond motifs is 1. The quantitative estimate of drug-likeness (QED) is 0.537. The monoisotopic (exact) mass is 322 g/mol. The van der Waals surface area contributed by atoms with Crippen molar-refractivity contribution in [1.82, 2.24) is 0 Å². The molecular weight excluding hydrogens is 308 g/mol. The molecule has 0 radical (unpaired) electrons. The van der Waals surface area contributed by atoms with E-state index in [2.05, 4.69) is 23.7 Å². The first-order valence-electron chi connectivity index (χ1n) is 7.74. The molecular formula is C23H14O2. The van der Waals surface area contributed by atoms with Gasteiger partial charge in [0.15, 0.2) is 0 Å². The van der Waals surface area contributed by atoms with Gasteiger partial charge < -0.3 is 5.11 Å². The molecule has 0 aliphatic rings. The third kappa shape index (κ3) is 4.16. The van der Waals surface area contributed by atoms with Gasteiger partial charge in [0.05, 0.1) is 0 Å². The lowest BCUT2D eigenvalue weighted by atomic mass is 10.1. The van der Waals surface area contributed by atoms with Gasteiger partial charge in [0.25, 0.3) is 0 Å². The van der Waals surface area contributed by atoms with Crippen molar-refractivity contribution in [3.63, 3.8) is 0 Å². The zero-order valence-corrected chi connectivity index (χ0v) is 13.4. The molecule has 0 aromatic heterocycles. The van der Waals surface area contributed by atoms with Crippen molar-refractivity contribution in [3.05, 3.63) is 95.6 Å². The summed E-state index contributed by atoms with van der Waals surface area (Å²) in [6.07, 6.45) is 1.35. The number of carbonyl (C=O) groups is 1. The second kappa shape index (κ2) is 7.68.